The Labute approximate surface area is 215 Å². The Hall–Kier alpha value is -3.36. The summed E-state index contributed by atoms with van der Waals surface area (Å²) in [4.78, 5) is 13.2. The zero-order valence-corrected chi connectivity index (χ0v) is 21.2. The lowest BCUT2D eigenvalue weighted by atomic mass is 10.00. The maximum atomic E-state index is 5.90. The number of benzene rings is 1. The van der Waals surface area contributed by atoms with Gasteiger partial charge in [0, 0.05) is 48.7 Å². The van der Waals surface area contributed by atoms with E-state index in [1.165, 1.54) is 0 Å². The Balaban J connectivity index is 1.30. The van der Waals surface area contributed by atoms with Gasteiger partial charge in [0.2, 0.25) is 0 Å². The van der Waals surface area contributed by atoms with Crippen LogP contribution in [0.5, 0.6) is 0 Å². The summed E-state index contributed by atoms with van der Waals surface area (Å²) in [6, 6.07) is 17.9. The van der Waals surface area contributed by atoms with Crippen LogP contribution in [0, 0.1) is 5.92 Å². The van der Waals surface area contributed by atoms with Gasteiger partial charge in [-0.2, -0.15) is 0 Å². The molecule has 4 heterocycles. The number of hydrogen-bond acceptors (Lipinski definition) is 6. The molecule has 1 N–H and O–H groups in total. The fraction of sp³-hybridized carbons (Fsp3) is 0.269. The monoisotopic (exact) mass is 503 g/mol. The van der Waals surface area contributed by atoms with Crippen LogP contribution in [0.1, 0.15) is 13.8 Å². The maximum Gasteiger partial charge on any atom is 0.173 e. The van der Waals surface area contributed by atoms with Gasteiger partial charge in [-0.05, 0) is 66.7 Å². The summed E-state index contributed by atoms with van der Waals surface area (Å²) >= 11 is 11.8. The van der Waals surface area contributed by atoms with Gasteiger partial charge in [-0.15, -0.1) is 10.2 Å². The summed E-state index contributed by atoms with van der Waals surface area (Å²) in [6.07, 6.45) is 3.51. The van der Waals surface area contributed by atoms with Crippen molar-refractivity contribution in [2.75, 3.05) is 29.9 Å². The lowest BCUT2D eigenvalue weighted by Gasteiger charge is -2.45. The van der Waals surface area contributed by atoms with Crippen LogP contribution < -0.4 is 10.2 Å². The van der Waals surface area contributed by atoms with E-state index >= 15 is 0 Å². The van der Waals surface area contributed by atoms with E-state index in [-0.39, 0.29) is 6.04 Å². The van der Waals surface area contributed by atoms with Crippen LogP contribution >= 0.6 is 23.8 Å². The number of piperazine rings is 1. The van der Waals surface area contributed by atoms with E-state index in [1.54, 1.807) is 18.5 Å². The number of anilines is 2. The number of thiocarbonyl (C=S) groups is 1. The lowest BCUT2D eigenvalue weighted by molar-refractivity contribution is 0.227. The maximum absolute atomic E-state index is 5.90. The Kier molecular flexibility index (Phi) is 6.74. The van der Waals surface area contributed by atoms with Crippen LogP contribution in [0.3, 0.4) is 0 Å². The summed E-state index contributed by atoms with van der Waals surface area (Å²) < 4.78 is 0. The van der Waals surface area contributed by atoms with Gasteiger partial charge >= 0.3 is 0 Å². The second-order valence-corrected chi connectivity index (χ2v) is 9.68. The van der Waals surface area contributed by atoms with Crippen molar-refractivity contribution >= 4 is 51.3 Å². The number of nitrogens with one attached hydrogen (secondary N) is 1. The van der Waals surface area contributed by atoms with Crippen LogP contribution in [0.25, 0.3) is 22.2 Å². The zero-order valence-electron chi connectivity index (χ0n) is 19.6. The third-order valence-electron chi connectivity index (χ3n) is 6.33. The summed E-state index contributed by atoms with van der Waals surface area (Å²) in [5.41, 5.74) is 3.58. The van der Waals surface area contributed by atoms with Crippen molar-refractivity contribution in [2.45, 2.75) is 19.9 Å². The first-order chi connectivity index (χ1) is 17.0. The van der Waals surface area contributed by atoms with Gasteiger partial charge in [-0.3, -0.25) is 4.98 Å². The molecule has 9 heteroatoms. The molecule has 0 spiro atoms. The number of pyridine rings is 2. The molecular formula is C26H26ClN7S. The number of nitrogens with zero attached hydrogens (tertiary/aromatic N) is 6. The first-order valence-corrected chi connectivity index (χ1v) is 12.4. The van der Waals surface area contributed by atoms with Crippen molar-refractivity contribution in [2.24, 2.45) is 5.92 Å². The predicted molar refractivity (Wildman–Crippen MR) is 146 cm³/mol. The molecule has 1 aliphatic heterocycles. The zero-order chi connectivity index (χ0) is 24.4. The molecule has 178 valence electrons. The number of rotatable bonds is 4. The minimum Gasteiger partial charge on any atom is -0.351 e. The second-order valence-electron chi connectivity index (χ2n) is 8.90. The van der Waals surface area contributed by atoms with Gasteiger partial charge in [0.1, 0.15) is 5.15 Å². The molecule has 5 rings (SSSR count). The molecule has 0 saturated carbocycles. The molecule has 1 aliphatic rings. The van der Waals surface area contributed by atoms with Crippen LogP contribution in [0.4, 0.5) is 11.5 Å². The van der Waals surface area contributed by atoms with Crippen molar-refractivity contribution in [1.29, 1.82) is 0 Å². The fourth-order valence-corrected chi connectivity index (χ4v) is 4.86. The minimum absolute atomic E-state index is 0.235. The van der Waals surface area contributed by atoms with Gasteiger partial charge in [-0.1, -0.05) is 31.5 Å². The Morgan fingerprint density at radius 3 is 2.66 bits per heavy atom. The molecule has 0 aliphatic carbocycles. The highest BCUT2D eigenvalue weighted by molar-refractivity contribution is 7.80. The van der Waals surface area contributed by atoms with E-state index in [1.807, 2.05) is 42.5 Å². The van der Waals surface area contributed by atoms with Gasteiger partial charge in [0.05, 0.1) is 17.3 Å². The summed E-state index contributed by atoms with van der Waals surface area (Å²) in [7, 11) is 0. The van der Waals surface area contributed by atoms with Crippen molar-refractivity contribution < 1.29 is 0 Å². The molecule has 0 bridgehead atoms. The molecule has 3 aromatic heterocycles. The van der Waals surface area contributed by atoms with Crippen LogP contribution in [-0.2, 0) is 0 Å². The third kappa shape index (κ3) is 5.04. The number of hydrogen-bond donors (Lipinski definition) is 1. The Morgan fingerprint density at radius 2 is 1.91 bits per heavy atom. The number of halogens is 1. The standard InChI is InChI=1S/C26H26ClN7S/c1-17(2)23-16-33(25-11-9-20(31-32-25)18-8-10-24(27)29-15-18)13-14-34(23)26(35)30-22-7-3-6-21-19(22)5-4-12-28-21/h3-12,15,17,23H,13-14,16H2,1-2H3,(H,30,35). The fourth-order valence-electron chi connectivity index (χ4n) is 4.42. The van der Waals surface area contributed by atoms with Crippen molar-refractivity contribution in [3.8, 4) is 11.3 Å². The quantitative estimate of drug-likeness (QED) is 0.298. The van der Waals surface area contributed by atoms with Crippen LogP contribution in [0.2, 0.25) is 5.15 Å². The SMILES string of the molecule is CC(C)C1CN(c2ccc(-c3ccc(Cl)nc3)nn2)CCN1C(=S)Nc1cccc2ncccc12. The Morgan fingerprint density at radius 1 is 1.03 bits per heavy atom. The first-order valence-electron chi connectivity index (χ1n) is 11.6. The largest absolute Gasteiger partial charge is 0.351 e. The highest BCUT2D eigenvalue weighted by atomic mass is 35.5. The molecule has 0 radical (unpaired) electrons. The molecule has 1 fully saturated rings. The molecule has 7 nitrogen and oxygen atoms in total. The van der Waals surface area contributed by atoms with Crippen LogP contribution in [-0.4, -0.2) is 55.9 Å². The van der Waals surface area contributed by atoms with Crippen molar-refractivity contribution in [3.63, 3.8) is 0 Å². The van der Waals surface area contributed by atoms with E-state index < -0.39 is 0 Å². The van der Waals surface area contributed by atoms with Crippen LogP contribution in [0.15, 0.2) is 67.0 Å². The number of aromatic nitrogens is 4. The van der Waals surface area contributed by atoms with E-state index in [0.717, 1.165) is 58.4 Å². The molecule has 4 aromatic rings. The average Bonchev–Trinajstić information content (AvgIpc) is 2.89. The number of fused-ring (bicyclic) bond motifs is 1. The molecule has 1 aromatic carbocycles. The molecule has 1 unspecified atom stereocenters. The Bertz CT molecular complexity index is 1320. The van der Waals surface area contributed by atoms with E-state index in [2.05, 4.69) is 55.2 Å². The smallest absolute Gasteiger partial charge is 0.173 e. The second kappa shape index (κ2) is 10.1. The van der Waals surface area contributed by atoms with Gasteiger partial charge in [-0.25, -0.2) is 4.98 Å². The van der Waals surface area contributed by atoms with E-state index in [4.69, 9.17) is 23.8 Å². The summed E-state index contributed by atoms with van der Waals surface area (Å²) in [5, 5.41) is 14.7. The molecule has 1 atom stereocenters. The molecule has 0 amide bonds. The third-order valence-corrected chi connectivity index (χ3v) is 6.89. The van der Waals surface area contributed by atoms with Crippen molar-refractivity contribution in [3.05, 3.63) is 72.1 Å². The van der Waals surface area contributed by atoms with Gasteiger partial charge in [0.15, 0.2) is 10.9 Å². The highest BCUT2D eigenvalue weighted by Crippen LogP contribution is 2.26. The normalized spacial score (nSPS) is 16.1. The summed E-state index contributed by atoms with van der Waals surface area (Å²) in [6.45, 7) is 6.87. The molecular weight excluding hydrogens is 478 g/mol. The van der Waals surface area contributed by atoms with E-state index in [0.29, 0.717) is 11.1 Å². The van der Waals surface area contributed by atoms with Gasteiger partial charge in [0.25, 0.3) is 0 Å². The van der Waals surface area contributed by atoms with E-state index in [9.17, 15) is 0 Å². The first kappa shape index (κ1) is 23.4. The average molecular weight is 504 g/mol. The highest BCUT2D eigenvalue weighted by Gasteiger charge is 2.31. The lowest BCUT2D eigenvalue weighted by Crippen LogP contribution is -2.58. The predicted octanol–water partition coefficient (Wildman–Crippen LogP) is 5.28. The minimum atomic E-state index is 0.235. The van der Waals surface area contributed by atoms with Crippen molar-refractivity contribution in [1.82, 2.24) is 25.1 Å². The summed E-state index contributed by atoms with van der Waals surface area (Å²) in [5.74, 6) is 1.26. The molecule has 1 saturated heterocycles. The van der Waals surface area contributed by atoms with Gasteiger partial charge < -0.3 is 15.1 Å². The molecule has 35 heavy (non-hydrogen) atoms. The topological polar surface area (TPSA) is 70.1 Å².